The van der Waals surface area contributed by atoms with Crippen molar-refractivity contribution in [2.75, 3.05) is 13.1 Å². The first-order chi connectivity index (χ1) is 18.4. The summed E-state index contributed by atoms with van der Waals surface area (Å²) in [5.74, 6) is -0.792. The number of fused-ring (bicyclic) bond motifs is 2. The van der Waals surface area contributed by atoms with Gasteiger partial charge in [-0.05, 0) is 73.4 Å². The molecule has 8 nitrogen and oxygen atoms in total. The minimum Gasteiger partial charge on any atom is -0.338 e. The highest BCUT2D eigenvalue weighted by atomic mass is 19.1. The van der Waals surface area contributed by atoms with Crippen molar-refractivity contribution in [2.45, 2.75) is 51.1 Å². The van der Waals surface area contributed by atoms with Gasteiger partial charge in [0.15, 0.2) is 0 Å². The van der Waals surface area contributed by atoms with Gasteiger partial charge in [-0.25, -0.2) is 9.18 Å². The number of amides is 2. The molecule has 0 radical (unpaired) electrons. The smallest absolute Gasteiger partial charge is 0.325 e. The van der Waals surface area contributed by atoms with Gasteiger partial charge >= 0.3 is 5.69 Å². The number of nitrogens with zero attached hydrogens (tertiary/aromatic N) is 2. The summed E-state index contributed by atoms with van der Waals surface area (Å²) in [7, 11) is 0. The fourth-order valence-corrected chi connectivity index (χ4v) is 6.32. The minimum absolute atomic E-state index is 0.0343. The number of nitrogens with one attached hydrogen (secondary N) is 2. The maximum absolute atomic E-state index is 13.9. The number of aromatic amines is 2. The molecule has 2 amide bonds. The lowest BCUT2D eigenvalue weighted by atomic mass is 9.85. The average Bonchev–Trinajstić information content (AvgIpc) is 3.41. The van der Waals surface area contributed by atoms with Crippen molar-refractivity contribution < 1.29 is 14.0 Å². The van der Waals surface area contributed by atoms with Gasteiger partial charge < -0.3 is 14.8 Å². The summed E-state index contributed by atoms with van der Waals surface area (Å²) in [5, 5.41) is 0. The van der Waals surface area contributed by atoms with Crippen LogP contribution in [0.1, 0.15) is 63.6 Å². The molecule has 1 aromatic heterocycles. The molecule has 196 valence electrons. The Morgan fingerprint density at radius 2 is 1.79 bits per heavy atom. The number of carbonyl (C=O) groups excluding carboxylic acids is 2. The Bertz CT molecular complexity index is 1540. The molecule has 1 unspecified atom stereocenters. The lowest BCUT2D eigenvalue weighted by molar-refractivity contribution is -0.136. The van der Waals surface area contributed by atoms with Crippen molar-refractivity contribution in [1.82, 2.24) is 19.8 Å². The second-order valence-electron chi connectivity index (χ2n) is 10.5. The van der Waals surface area contributed by atoms with E-state index in [1.54, 1.807) is 11.0 Å². The Kier molecular flexibility index (Phi) is 6.21. The molecular weight excluding hydrogens is 487 g/mol. The van der Waals surface area contributed by atoms with E-state index in [0.717, 1.165) is 29.5 Å². The van der Waals surface area contributed by atoms with Crippen LogP contribution in [0.25, 0.3) is 0 Å². The van der Waals surface area contributed by atoms with E-state index in [4.69, 9.17) is 0 Å². The average molecular weight is 517 g/mol. The zero-order valence-electron chi connectivity index (χ0n) is 21.0. The highest BCUT2D eigenvalue weighted by Gasteiger charge is 2.35. The standard InChI is InChI=1S/C29H29FN4O4/c30-20-6-1-5-18(14-20)25-8-3-12-34(25)28(37)21-7-2-4-17-11-13-33(16-23(17)21)27(36)19-9-10-24-22(15-19)26(35)32-29(38)31-24/h1-2,4-7,14,19,25H,3,8-13,15-16H2,(H2,31,32,35,38)/t19?,25-/m0/s1. The first-order valence-corrected chi connectivity index (χ1v) is 13.2. The fourth-order valence-electron chi connectivity index (χ4n) is 6.32. The quantitative estimate of drug-likeness (QED) is 0.558. The largest absolute Gasteiger partial charge is 0.338 e. The van der Waals surface area contributed by atoms with Gasteiger partial charge in [0.1, 0.15) is 5.82 Å². The first kappa shape index (κ1) is 24.3. The molecule has 3 aromatic rings. The predicted octanol–water partition coefficient (Wildman–Crippen LogP) is 2.87. The van der Waals surface area contributed by atoms with Crippen LogP contribution in [0.3, 0.4) is 0 Å². The summed E-state index contributed by atoms with van der Waals surface area (Å²) in [5.41, 5.74) is 3.43. The van der Waals surface area contributed by atoms with Crippen LogP contribution in [0.4, 0.5) is 4.39 Å². The molecule has 2 aliphatic heterocycles. The number of hydrogen-bond acceptors (Lipinski definition) is 4. The predicted molar refractivity (Wildman–Crippen MR) is 138 cm³/mol. The monoisotopic (exact) mass is 516 g/mol. The van der Waals surface area contributed by atoms with Crippen molar-refractivity contribution >= 4 is 11.8 Å². The molecule has 3 aliphatic rings. The van der Waals surface area contributed by atoms with Crippen LogP contribution in [0.2, 0.25) is 0 Å². The molecule has 9 heteroatoms. The maximum Gasteiger partial charge on any atom is 0.325 e. The van der Waals surface area contributed by atoms with E-state index in [-0.39, 0.29) is 36.0 Å². The molecule has 0 spiro atoms. The zero-order valence-corrected chi connectivity index (χ0v) is 21.0. The van der Waals surface area contributed by atoms with Crippen LogP contribution in [-0.4, -0.2) is 44.7 Å². The second kappa shape index (κ2) is 9.70. The van der Waals surface area contributed by atoms with E-state index < -0.39 is 11.2 Å². The van der Waals surface area contributed by atoms with Crippen molar-refractivity contribution in [3.05, 3.63) is 103 Å². The van der Waals surface area contributed by atoms with Gasteiger partial charge in [-0.2, -0.15) is 0 Å². The molecule has 2 N–H and O–H groups in total. The van der Waals surface area contributed by atoms with Crippen LogP contribution >= 0.6 is 0 Å². The van der Waals surface area contributed by atoms with Crippen LogP contribution < -0.4 is 11.2 Å². The summed E-state index contributed by atoms with van der Waals surface area (Å²) in [6, 6.07) is 12.0. The Labute approximate surface area is 218 Å². The lowest BCUT2D eigenvalue weighted by Crippen LogP contribution is -2.43. The number of aryl methyl sites for hydroxylation is 1. The van der Waals surface area contributed by atoms with Crippen LogP contribution in [0.5, 0.6) is 0 Å². The molecule has 2 aromatic carbocycles. The van der Waals surface area contributed by atoms with Gasteiger partial charge in [0.25, 0.3) is 11.5 Å². The van der Waals surface area contributed by atoms with Crippen molar-refractivity contribution in [1.29, 1.82) is 0 Å². The molecule has 1 saturated heterocycles. The van der Waals surface area contributed by atoms with Gasteiger partial charge in [0.2, 0.25) is 5.91 Å². The van der Waals surface area contributed by atoms with Crippen molar-refractivity contribution in [2.24, 2.45) is 5.92 Å². The third-order valence-corrected chi connectivity index (χ3v) is 8.23. The summed E-state index contributed by atoms with van der Waals surface area (Å²) in [6.07, 6.45) is 3.58. The number of carbonyl (C=O) groups is 2. The molecule has 2 atom stereocenters. The molecule has 38 heavy (non-hydrogen) atoms. The van der Waals surface area contributed by atoms with Gasteiger partial charge in [0.05, 0.1) is 6.04 Å². The Hall–Kier alpha value is -4.01. The van der Waals surface area contributed by atoms with Crippen molar-refractivity contribution in [3.63, 3.8) is 0 Å². The van der Waals surface area contributed by atoms with Crippen LogP contribution in [0.15, 0.2) is 52.1 Å². The van der Waals surface area contributed by atoms with Crippen LogP contribution in [-0.2, 0) is 30.6 Å². The van der Waals surface area contributed by atoms with E-state index in [1.165, 1.54) is 12.1 Å². The van der Waals surface area contributed by atoms with E-state index in [2.05, 4.69) is 9.97 Å². The normalized spacial score (nSPS) is 20.7. The molecule has 0 saturated carbocycles. The Morgan fingerprint density at radius 1 is 0.947 bits per heavy atom. The maximum atomic E-state index is 13.9. The van der Waals surface area contributed by atoms with Gasteiger partial charge in [-0.3, -0.25) is 19.4 Å². The van der Waals surface area contributed by atoms with Crippen LogP contribution in [0, 0.1) is 11.7 Å². The van der Waals surface area contributed by atoms with E-state index in [0.29, 0.717) is 55.7 Å². The van der Waals surface area contributed by atoms with E-state index >= 15 is 0 Å². The minimum atomic E-state index is -0.527. The summed E-state index contributed by atoms with van der Waals surface area (Å²) >= 11 is 0. The first-order valence-electron chi connectivity index (χ1n) is 13.2. The number of likely N-dealkylation sites (tertiary alicyclic amines) is 1. The highest BCUT2D eigenvalue weighted by molar-refractivity contribution is 5.97. The third kappa shape index (κ3) is 4.36. The lowest BCUT2D eigenvalue weighted by Gasteiger charge is -2.35. The third-order valence-electron chi connectivity index (χ3n) is 8.23. The Balaban J connectivity index is 1.24. The zero-order chi connectivity index (χ0) is 26.4. The number of H-pyrrole nitrogens is 2. The number of hydrogen-bond donors (Lipinski definition) is 2. The van der Waals surface area contributed by atoms with Gasteiger partial charge in [-0.1, -0.05) is 24.3 Å². The number of benzene rings is 2. The number of rotatable bonds is 3. The number of halogens is 1. The van der Waals surface area contributed by atoms with E-state index in [9.17, 15) is 23.6 Å². The molecule has 1 fully saturated rings. The SMILES string of the molecule is O=C(C1CCc2[nH]c(=O)[nH]c(=O)c2C1)N1CCc2cccc(C(=O)N3CCC[C@H]3c3cccc(F)c3)c2C1. The molecule has 1 aliphatic carbocycles. The van der Waals surface area contributed by atoms with Crippen molar-refractivity contribution in [3.8, 4) is 0 Å². The highest BCUT2D eigenvalue weighted by Crippen LogP contribution is 2.35. The van der Waals surface area contributed by atoms with Gasteiger partial charge in [0, 0.05) is 42.4 Å². The molecule has 6 rings (SSSR count). The number of aromatic nitrogens is 2. The van der Waals surface area contributed by atoms with Gasteiger partial charge in [-0.15, -0.1) is 0 Å². The van der Waals surface area contributed by atoms with E-state index in [1.807, 2.05) is 29.2 Å². The summed E-state index contributed by atoms with van der Waals surface area (Å²) in [6.45, 7) is 1.48. The summed E-state index contributed by atoms with van der Waals surface area (Å²) in [4.78, 5) is 59.9. The second-order valence-corrected chi connectivity index (χ2v) is 10.5. The molecular formula is C29H29FN4O4. The fraction of sp³-hybridized carbons (Fsp3) is 0.379. The summed E-state index contributed by atoms with van der Waals surface area (Å²) < 4.78 is 13.9. The topological polar surface area (TPSA) is 106 Å². The Morgan fingerprint density at radius 3 is 2.63 bits per heavy atom. The molecule has 0 bridgehead atoms. The molecule has 3 heterocycles.